The molecular formula is C19H23N3O. The first-order valence-electron chi connectivity index (χ1n) is 8.18. The van der Waals surface area contributed by atoms with Crippen molar-refractivity contribution >= 4 is 16.8 Å². The van der Waals surface area contributed by atoms with Crippen molar-refractivity contribution in [2.75, 3.05) is 19.6 Å². The van der Waals surface area contributed by atoms with Crippen LogP contribution in [-0.4, -0.2) is 41.5 Å². The van der Waals surface area contributed by atoms with Crippen LogP contribution in [0, 0.1) is 6.92 Å². The molecule has 0 atom stereocenters. The van der Waals surface area contributed by atoms with E-state index in [0.29, 0.717) is 5.56 Å². The number of hydrogen-bond acceptors (Lipinski definition) is 3. The minimum atomic E-state index is -0.0112. The molecule has 0 saturated carbocycles. The van der Waals surface area contributed by atoms with Crippen LogP contribution >= 0.6 is 0 Å². The number of pyridine rings is 1. The lowest BCUT2D eigenvalue weighted by molar-refractivity contribution is 0.0913. The average molecular weight is 309 g/mol. The first-order valence-corrected chi connectivity index (χ1v) is 8.18. The Morgan fingerprint density at radius 1 is 1.39 bits per heavy atom. The lowest BCUT2D eigenvalue weighted by atomic mass is 10.0. The summed E-state index contributed by atoms with van der Waals surface area (Å²) >= 11 is 0. The molecule has 0 aliphatic carbocycles. The molecule has 0 unspecified atom stereocenters. The maximum absolute atomic E-state index is 12.6. The third-order valence-corrected chi connectivity index (χ3v) is 4.47. The van der Waals surface area contributed by atoms with Crippen molar-refractivity contribution in [1.29, 1.82) is 0 Å². The predicted molar refractivity (Wildman–Crippen MR) is 93.6 cm³/mol. The number of nitrogens with one attached hydrogen (secondary N) is 1. The molecule has 1 aromatic carbocycles. The predicted octanol–water partition coefficient (Wildman–Crippen LogP) is 2.92. The monoisotopic (exact) mass is 309 g/mol. The molecule has 1 aromatic heterocycles. The number of fused-ring (bicyclic) bond motifs is 1. The van der Waals surface area contributed by atoms with Crippen molar-refractivity contribution in [3.05, 3.63) is 54.2 Å². The molecule has 1 N–H and O–H groups in total. The van der Waals surface area contributed by atoms with Gasteiger partial charge in [-0.2, -0.15) is 0 Å². The molecule has 2 heterocycles. The topological polar surface area (TPSA) is 45.2 Å². The fourth-order valence-electron chi connectivity index (χ4n) is 3.15. The summed E-state index contributed by atoms with van der Waals surface area (Å²) in [5.41, 5.74) is 2.39. The number of carbonyl (C=O) groups is 1. The Morgan fingerprint density at radius 2 is 2.13 bits per heavy atom. The van der Waals surface area contributed by atoms with Crippen LogP contribution in [0.25, 0.3) is 10.9 Å². The average Bonchev–Trinajstić information content (AvgIpc) is 2.56. The smallest absolute Gasteiger partial charge is 0.253 e. The van der Waals surface area contributed by atoms with Crippen molar-refractivity contribution in [2.24, 2.45) is 0 Å². The normalized spacial score (nSPS) is 16.4. The Balaban J connectivity index is 1.69. The van der Waals surface area contributed by atoms with E-state index in [-0.39, 0.29) is 11.9 Å². The van der Waals surface area contributed by atoms with Crippen molar-refractivity contribution < 1.29 is 4.79 Å². The van der Waals surface area contributed by atoms with Crippen molar-refractivity contribution in [3.8, 4) is 0 Å². The zero-order valence-electron chi connectivity index (χ0n) is 13.6. The van der Waals surface area contributed by atoms with E-state index < -0.39 is 0 Å². The van der Waals surface area contributed by atoms with Gasteiger partial charge in [-0.1, -0.05) is 24.3 Å². The summed E-state index contributed by atoms with van der Waals surface area (Å²) < 4.78 is 0. The zero-order chi connectivity index (χ0) is 16.2. The van der Waals surface area contributed by atoms with Gasteiger partial charge in [0.25, 0.3) is 5.91 Å². The van der Waals surface area contributed by atoms with E-state index in [0.717, 1.165) is 49.1 Å². The first-order chi connectivity index (χ1) is 11.2. The Morgan fingerprint density at radius 3 is 2.87 bits per heavy atom. The van der Waals surface area contributed by atoms with Crippen LogP contribution in [0.15, 0.2) is 43.0 Å². The van der Waals surface area contributed by atoms with Gasteiger partial charge in [-0.25, -0.2) is 0 Å². The van der Waals surface area contributed by atoms with E-state index in [1.165, 1.54) is 0 Å². The van der Waals surface area contributed by atoms with Gasteiger partial charge in [0.1, 0.15) is 0 Å². The second kappa shape index (κ2) is 6.92. The highest BCUT2D eigenvalue weighted by atomic mass is 16.1. The van der Waals surface area contributed by atoms with Gasteiger partial charge in [-0.15, -0.1) is 6.58 Å². The Hall–Kier alpha value is -2.20. The van der Waals surface area contributed by atoms with Crippen LogP contribution in [0.5, 0.6) is 0 Å². The third kappa shape index (κ3) is 3.59. The molecule has 4 heteroatoms. The van der Waals surface area contributed by atoms with Gasteiger partial charge in [0.15, 0.2) is 0 Å². The Labute approximate surface area is 137 Å². The van der Waals surface area contributed by atoms with Gasteiger partial charge in [-0.05, 0) is 31.9 Å². The minimum Gasteiger partial charge on any atom is -0.349 e. The molecule has 0 bridgehead atoms. The van der Waals surface area contributed by atoms with E-state index >= 15 is 0 Å². The maximum Gasteiger partial charge on any atom is 0.253 e. The molecule has 0 spiro atoms. The molecule has 1 saturated heterocycles. The molecule has 1 aliphatic rings. The van der Waals surface area contributed by atoms with Crippen LogP contribution in [-0.2, 0) is 0 Å². The Bertz CT molecular complexity index is 718. The largest absolute Gasteiger partial charge is 0.349 e. The van der Waals surface area contributed by atoms with Gasteiger partial charge >= 0.3 is 0 Å². The molecule has 4 nitrogen and oxygen atoms in total. The van der Waals surface area contributed by atoms with E-state index in [4.69, 9.17) is 0 Å². The van der Waals surface area contributed by atoms with Gasteiger partial charge in [-0.3, -0.25) is 14.7 Å². The number of likely N-dealkylation sites (tertiary alicyclic amines) is 1. The number of aromatic nitrogens is 1. The van der Waals surface area contributed by atoms with Gasteiger partial charge in [0.05, 0.1) is 16.8 Å². The molecule has 1 fully saturated rings. The van der Waals surface area contributed by atoms with Crippen LogP contribution in [0.4, 0.5) is 0 Å². The summed E-state index contributed by atoms with van der Waals surface area (Å²) in [6, 6.07) is 10.1. The number of piperidine rings is 1. The summed E-state index contributed by atoms with van der Waals surface area (Å²) in [4.78, 5) is 19.5. The fourth-order valence-corrected chi connectivity index (χ4v) is 3.15. The zero-order valence-corrected chi connectivity index (χ0v) is 13.6. The minimum absolute atomic E-state index is 0.0112. The maximum atomic E-state index is 12.6. The van der Waals surface area contributed by atoms with Gasteiger partial charge < -0.3 is 5.32 Å². The summed E-state index contributed by atoms with van der Waals surface area (Å²) in [7, 11) is 0. The number of benzene rings is 1. The molecular weight excluding hydrogens is 286 g/mol. The van der Waals surface area contributed by atoms with Crippen molar-refractivity contribution in [3.63, 3.8) is 0 Å². The lowest BCUT2D eigenvalue weighted by Gasteiger charge is -2.31. The molecule has 0 radical (unpaired) electrons. The van der Waals surface area contributed by atoms with E-state index in [2.05, 4.69) is 21.8 Å². The van der Waals surface area contributed by atoms with E-state index in [9.17, 15) is 4.79 Å². The third-order valence-electron chi connectivity index (χ3n) is 4.47. The highest BCUT2D eigenvalue weighted by Crippen LogP contribution is 2.17. The van der Waals surface area contributed by atoms with Crippen molar-refractivity contribution in [2.45, 2.75) is 25.8 Å². The first kappa shape index (κ1) is 15.7. The number of nitrogens with zero attached hydrogens (tertiary/aromatic N) is 2. The lowest BCUT2D eigenvalue weighted by Crippen LogP contribution is -2.44. The fraction of sp³-hybridized carbons (Fsp3) is 0.368. The number of rotatable bonds is 4. The van der Waals surface area contributed by atoms with Gasteiger partial charge in [0, 0.05) is 31.1 Å². The van der Waals surface area contributed by atoms with E-state index in [1.807, 2.05) is 43.3 Å². The highest BCUT2D eigenvalue weighted by Gasteiger charge is 2.21. The Kier molecular flexibility index (Phi) is 4.72. The summed E-state index contributed by atoms with van der Waals surface area (Å²) in [5.74, 6) is -0.0112. The molecule has 1 amide bonds. The van der Waals surface area contributed by atoms with Gasteiger partial charge in [0.2, 0.25) is 0 Å². The van der Waals surface area contributed by atoms with E-state index in [1.54, 1.807) is 0 Å². The molecule has 23 heavy (non-hydrogen) atoms. The number of carbonyl (C=O) groups excluding carboxylic acids is 1. The second-order valence-electron chi connectivity index (χ2n) is 6.15. The number of para-hydroxylation sites is 1. The van der Waals surface area contributed by atoms with Crippen LogP contribution in [0.3, 0.4) is 0 Å². The summed E-state index contributed by atoms with van der Waals surface area (Å²) in [6.07, 6.45) is 3.91. The SMILES string of the molecule is C=CCN1CCC(NC(=O)c2cc3ccccc3nc2C)CC1. The summed E-state index contributed by atoms with van der Waals surface area (Å²) in [5, 5.41) is 4.18. The molecule has 2 aromatic rings. The number of hydrogen-bond donors (Lipinski definition) is 1. The number of amides is 1. The van der Waals surface area contributed by atoms with Crippen LogP contribution < -0.4 is 5.32 Å². The number of aryl methyl sites for hydroxylation is 1. The molecule has 120 valence electrons. The summed E-state index contributed by atoms with van der Waals surface area (Å²) in [6.45, 7) is 8.61. The standard InChI is InChI=1S/C19H23N3O/c1-3-10-22-11-8-16(9-12-22)21-19(23)17-13-15-6-4-5-7-18(15)20-14(17)2/h3-7,13,16H,1,8-12H2,2H3,(H,21,23). The van der Waals surface area contributed by atoms with Crippen molar-refractivity contribution in [1.82, 2.24) is 15.2 Å². The molecule has 1 aliphatic heterocycles. The molecule has 3 rings (SSSR count). The quantitative estimate of drug-likeness (QED) is 0.883. The second-order valence-corrected chi connectivity index (χ2v) is 6.15. The van der Waals surface area contributed by atoms with Crippen LogP contribution in [0.1, 0.15) is 28.9 Å². The highest BCUT2D eigenvalue weighted by molar-refractivity contribution is 5.98. The van der Waals surface area contributed by atoms with Crippen LogP contribution in [0.2, 0.25) is 0 Å².